The van der Waals surface area contributed by atoms with Crippen molar-refractivity contribution in [3.05, 3.63) is 0 Å². The molecule has 0 aromatic carbocycles. The molecule has 4 nitrogen and oxygen atoms in total. The average molecular weight is 299 g/mol. The van der Waals surface area contributed by atoms with Crippen LogP contribution in [0.1, 0.15) is 13.3 Å². The topological polar surface area (TPSA) is 70.4 Å². The number of halogens is 7. The van der Waals surface area contributed by atoms with E-state index in [0.717, 1.165) is 6.92 Å². The molecule has 1 unspecified atom stereocenters. The predicted molar refractivity (Wildman–Crippen MR) is 46.5 cm³/mol. The molecule has 11 heteroatoms. The van der Waals surface area contributed by atoms with Crippen LogP contribution in [-0.4, -0.2) is 41.1 Å². The number of nitrogens with one attached hydrogen (secondary N) is 1. The van der Waals surface area contributed by atoms with E-state index in [1.54, 1.807) is 0 Å². The number of hydrogen-bond donors (Lipinski definition) is 2. The lowest BCUT2D eigenvalue weighted by atomic mass is 10.1. The monoisotopic (exact) mass is 299 g/mol. The van der Waals surface area contributed by atoms with Crippen molar-refractivity contribution in [1.29, 1.82) is 5.41 Å². The van der Waals surface area contributed by atoms with Crippen molar-refractivity contribution in [2.24, 2.45) is 0 Å². The Hall–Kier alpha value is -1.55. The van der Waals surface area contributed by atoms with Gasteiger partial charge in [-0.3, -0.25) is 5.41 Å². The molecular formula is C8H8F7NO3. The molecule has 0 rings (SSSR count). The number of aliphatic carboxylic acids is 1. The molecule has 0 aliphatic heterocycles. The summed E-state index contributed by atoms with van der Waals surface area (Å²) in [6.07, 6.45) is -9.25. The second-order valence-corrected chi connectivity index (χ2v) is 3.33. The molecule has 0 spiro atoms. The van der Waals surface area contributed by atoms with Gasteiger partial charge in [-0.25, -0.2) is 4.79 Å². The Labute approximate surface area is 101 Å². The fourth-order valence-corrected chi connectivity index (χ4v) is 0.845. The zero-order valence-corrected chi connectivity index (χ0v) is 9.19. The minimum atomic E-state index is -6.61. The van der Waals surface area contributed by atoms with Gasteiger partial charge in [0.2, 0.25) is 0 Å². The zero-order chi connectivity index (χ0) is 15.6. The fourth-order valence-electron chi connectivity index (χ4n) is 0.845. The molecule has 1 atom stereocenters. The van der Waals surface area contributed by atoms with Gasteiger partial charge in [0, 0.05) is 0 Å². The summed E-state index contributed by atoms with van der Waals surface area (Å²) in [6, 6.07) is 0. The predicted octanol–water partition coefficient (Wildman–Crippen LogP) is 2.68. The Morgan fingerprint density at radius 2 is 1.63 bits per heavy atom. The van der Waals surface area contributed by atoms with Crippen molar-refractivity contribution >= 4 is 11.9 Å². The van der Waals surface area contributed by atoms with Crippen LogP contribution in [0.4, 0.5) is 30.7 Å². The normalized spacial score (nSPS) is 14.9. The first-order valence-electron chi connectivity index (χ1n) is 4.59. The number of ether oxygens (including phenoxy) is 1. The van der Waals surface area contributed by atoms with E-state index in [0.29, 0.717) is 0 Å². The molecule has 0 aliphatic rings. The van der Waals surface area contributed by atoms with Gasteiger partial charge in [-0.15, -0.1) is 0 Å². The van der Waals surface area contributed by atoms with E-state index in [4.69, 9.17) is 10.5 Å². The first-order chi connectivity index (χ1) is 8.29. The van der Waals surface area contributed by atoms with Gasteiger partial charge in [0.05, 0.1) is 0 Å². The van der Waals surface area contributed by atoms with Crippen molar-refractivity contribution in [2.45, 2.75) is 37.5 Å². The highest BCUT2D eigenvalue weighted by molar-refractivity contribution is 5.85. The Morgan fingerprint density at radius 3 is 1.89 bits per heavy atom. The first kappa shape index (κ1) is 17.4. The number of carboxylic acid groups (broad SMARTS) is 1. The summed E-state index contributed by atoms with van der Waals surface area (Å²) in [4.78, 5) is 10.4. The minimum absolute atomic E-state index is 0.509. The fraction of sp³-hybridized carbons (Fsp3) is 0.750. The minimum Gasteiger partial charge on any atom is -0.479 e. The van der Waals surface area contributed by atoms with Gasteiger partial charge in [0.1, 0.15) is 0 Å². The van der Waals surface area contributed by atoms with Crippen molar-refractivity contribution in [3.63, 3.8) is 0 Å². The summed E-state index contributed by atoms with van der Waals surface area (Å²) >= 11 is 0. The van der Waals surface area contributed by atoms with Gasteiger partial charge in [-0.05, 0) is 6.42 Å². The third-order valence-electron chi connectivity index (χ3n) is 1.94. The zero-order valence-electron chi connectivity index (χ0n) is 9.19. The molecule has 0 saturated heterocycles. The summed E-state index contributed by atoms with van der Waals surface area (Å²) in [5, 5.41) is 14.8. The number of alkyl halides is 7. The third kappa shape index (κ3) is 3.26. The van der Waals surface area contributed by atoms with Crippen LogP contribution >= 0.6 is 0 Å². The van der Waals surface area contributed by atoms with Crippen LogP contribution < -0.4 is 0 Å². The van der Waals surface area contributed by atoms with Crippen molar-refractivity contribution in [1.82, 2.24) is 0 Å². The first-order valence-corrected chi connectivity index (χ1v) is 4.59. The van der Waals surface area contributed by atoms with Gasteiger partial charge >= 0.3 is 24.0 Å². The van der Waals surface area contributed by atoms with Crippen molar-refractivity contribution in [3.8, 4) is 0 Å². The van der Waals surface area contributed by atoms with Crippen LogP contribution in [0.3, 0.4) is 0 Å². The molecule has 0 radical (unpaired) electrons. The molecule has 0 bridgehead atoms. The molecule has 0 saturated carbocycles. The van der Waals surface area contributed by atoms with Crippen LogP contribution in [0, 0.1) is 5.41 Å². The Morgan fingerprint density at radius 1 is 1.21 bits per heavy atom. The second-order valence-electron chi connectivity index (χ2n) is 3.33. The van der Waals surface area contributed by atoms with Crippen LogP contribution in [-0.2, 0) is 9.53 Å². The summed E-state index contributed by atoms with van der Waals surface area (Å²) < 4.78 is 89.6. The van der Waals surface area contributed by atoms with E-state index in [9.17, 15) is 35.5 Å². The van der Waals surface area contributed by atoms with E-state index >= 15 is 0 Å². The molecule has 0 aliphatic carbocycles. The van der Waals surface area contributed by atoms with Gasteiger partial charge in [-0.2, -0.15) is 30.7 Å². The standard InChI is InChI=1S/C8H8F7NO3/c1-2-3(4(17)18)19-5(16)6(9,10)7(11,12)8(13,14)15/h3,16H,2H2,1H3,(H,17,18). The number of hydrogen-bond acceptors (Lipinski definition) is 3. The Balaban J connectivity index is 5.22. The van der Waals surface area contributed by atoms with E-state index in [1.165, 1.54) is 0 Å². The maximum atomic E-state index is 12.8. The summed E-state index contributed by atoms with van der Waals surface area (Å²) in [7, 11) is 0. The molecule has 0 aromatic heterocycles. The molecule has 19 heavy (non-hydrogen) atoms. The number of carboxylic acids is 1. The number of rotatable bonds is 5. The summed E-state index contributed by atoms with van der Waals surface area (Å²) in [5.74, 6) is -17.2. The van der Waals surface area contributed by atoms with Crippen molar-refractivity contribution < 1.29 is 45.4 Å². The van der Waals surface area contributed by atoms with Crippen LogP contribution in [0.25, 0.3) is 0 Å². The Bertz CT molecular complexity index is 366. The van der Waals surface area contributed by atoms with Gasteiger partial charge in [0.15, 0.2) is 6.10 Å². The van der Waals surface area contributed by atoms with Gasteiger partial charge < -0.3 is 9.84 Å². The lowest BCUT2D eigenvalue weighted by molar-refractivity contribution is -0.339. The van der Waals surface area contributed by atoms with E-state index in [-0.39, 0.29) is 0 Å². The SMILES string of the molecule is CCC(OC(=N)C(F)(F)C(F)(F)C(F)(F)F)C(=O)O. The van der Waals surface area contributed by atoms with E-state index in [2.05, 4.69) is 4.74 Å². The molecule has 0 heterocycles. The highest BCUT2D eigenvalue weighted by Gasteiger charge is 2.76. The maximum Gasteiger partial charge on any atom is 0.460 e. The van der Waals surface area contributed by atoms with Crippen LogP contribution in [0.2, 0.25) is 0 Å². The van der Waals surface area contributed by atoms with Gasteiger partial charge in [0.25, 0.3) is 5.90 Å². The highest BCUT2D eigenvalue weighted by Crippen LogP contribution is 2.47. The summed E-state index contributed by atoms with van der Waals surface area (Å²) in [5.41, 5.74) is 0. The molecule has 112 valence electrons. The Kier molecular flexibility index (Phi) is 4.79. The second kappa shape index (κ2) is 5.21. The molecule has 0 amide bonds. The van der Waals surface area contributed by atoms with E-state index in [1.807, 2.05) is 0 Å². The molecule has 0 fully saturated rings. The van der Waals surface area contributed by atoms with Crippen LogP contribution in [0.15, 0.2) is 0 Å². The van der Waals surface area contributed by atoms with Gasteiger partial charge in [-0.1, -0.05) is 6.92 Å². The smallest absolute Gasteiger partial charge is 0.460 e. The van der Waals surface area contributed by atoms with Crippen LogP contribution in [0.5, 0.6) is 0 Å². The molecular weight excluding hydrogens is 291 g/mol. The quantitative estimate of drug-likeness (QED) is 0.466. The number of carbonyl (C=O) groups is 1. The molecule has 2 N–H and O–H groups in total. The average Bonchev–Trinajstić information content (AvgIpc) is 2.22. The maximum absolute atomic E-state index is 12.8. The highest BCUT2D eigenvalue weighted by atomic mass is 19.4. The van der Waals surface area contributed by atoms with Crippen molar-refractivity contribution in [2.75, 3.05) is 0 Å². The largest absolute Gasteiger partial charge is 0.479 e. The van der Waals surface area contributed by atoms with E-state index < -0.39 is 42.4 Å². The lowest BCUT2D eigenvalue weighted by Crippen LogP contribution is -2.57. The molecule has 0 aromatic rings. The lowest BCUT2D eigenvalue weighted by Gasteiger charge is -2.28. The summed E-state index contributed by atoms with van der Waals surface area (Å²) in [6.45, 7) is 1.09. The third-order valence-corrected chi connectivity index (χ3v) is 1.94.